The van der Waals surface area contributed by atoms with E-state index in [1.165, 1.54) is 34.8 Å². The zero-order valence-corrected chi connectivity index (χ0v) is 18.6. The highest BCUT2D eigenvalue weighted by molar-refractivity contribution is 7.13. The molecule has 8 N–H and O–H groups in total. The number of thiazole rings is 1. The maximum Gasteiger partial charge on any atom is 0.295 e. The summed E-state index contributed by atoms with van der Waals surface area (Å²) in [6, 6.07) is 0. The van der Waals surface area contributed by atoms with E-state index in [0.717, 1.165) is 11.2 Å². The number of aliphatic imine (C=N–C) groups is 1. The van der Waals surface area contributed by atoms with E-state index >= 15 is 0 Å². The number of amides is 1. The van der Waals surface area contributed by atoms with E-state index < -0.39 is 17.5 Å². The maximum absolute atomic E-state index is 14.6. The number of hydrazine groups is 2. The number of Topliss-reactive ketones (excluding diaryl/α,β-unsaturated/α-hetero) is 1. The number of nitrogens with one attached hydrogen (secondary N) is 2. The molecule has 4 rings (SSSR count). The first-order valence-electron chi connectivity index (χ1n) is 10.1. The summed E-state index contributed by atoms with van der Waals surface area (Å²) in [7, 11) is 0. The third kappa shape index (κ3) is 4.39. The van der Waals surface area contributed by atoms with Gasteiger partial charge in [0, 0.05) is 56.4 Å². The first-order chi connectivity index (χ1) is 16.4. The van der Waals surface area contributed by atoms with E-state index in [-0.39, 0.29) is 35.4 Å². The molecule has 178 valence electrons. The number of halogens is 1. The molecule has 1 saturated heterocycles. The SMILES string of the molecule is N/C=C\N(N)c1ncc(F)c2c(C(=O)C(=O)N3CCN(/C(=N\c4nccs4)NN)CC3)c[nH]c12. The number of guanidine groups is 1. The van der Waals surface area contributed by atoms with Crippen LogP contribution in [0.4, 0.5) is 15.3 Å². The molecule has 0 radical (unpaired) electrons. The second-order valence-electron chi connectivity index (χ2n) is 7.13. The van der Waals surface area contributed by atoms with Crippen molar-refractivity contribution in [3.8, 4) is 0 Å². The highest BCUT2D eigenvalue weighted by atomic mass is 32.1. The molecule has 0 atom stereocenters. The van der Waals surface area contributed by atoms with Gasteiger partial charge in [-0.2, -0.15) is 4.99 Å². The molecular weight excluding hydrogens is 465 g/mol. The number of hydrogen-bond acceptors (Lipinski definition) is 10. The Morgan fingerprint density at radius 1 is 1.26 bits per heavy atom. The number of nitrogens with two attached hydrogens (primary N) is 3. The fourth-order valence-electron chi connectivity index (χ4n) is 3.57. The molecule has 1 aliphatic rings. The number of hydrogen-bond donors (Lipinski definition) is 5. The number of rotatable bonds is 5. The molecule has 1 fully saturated rings. The molecule has 3 aromatic rings. The molecule has 15 heteroatoms. The summed E-state index contributed by atoms with van der Waals surface area (Å²) < 4.78 is 14.6. The van der Waals surface area contributed by atoms with Crippen LogP contribution in [-0.4, -0.2) is 68.6 Å². The first kappa shape index (κ1) is 23.1. The lowest BCUT2D eigenvalue weighted by Gasteiger charge is -2.35. The lowest BCUT2D eigenvalue weighted by molar-refractivity contribution is -0.127. The summed E-state index contributed by atoms with van der Waals surface area (Å²) in [6.07, 6.45) is 6.33. The van der Waals surface area contributed by atoms with Crippen molar-refractivity contribution >= 4 is 50.8 Å². The summed E-state index contributed by atoms with van der Waals surface area (Å²) in [5.41, 5.74) is 7.94. The van der Waals surface area contributed by atoms with Gasteiger partial charge < -0.3 is 20.5 Å². The monoisotopic (exact) mass is 487 g/mol. The minimum absolute atomic E-state index is 0.0759. The number of pyridine rings is 1. The van der Waals surface area contributed by atoms with Crippen LogP contribution in [0, 0.1) is 5.82 Å². The van der Waals surface area contributed by atoms with Gasteiger partial charge in [0.25, 0.3) is 11.7 Å². The molecule has 0 bridgehead atoms. The zero-order valence-electron chi connectivity index (χ0n) is 17.8. The van der Waals surface area contributed by atoms with Crippen LogP contribution in [0.25, 0.3) is 10.9 Å². The third-order valence-corrected chi connectivity index (χ3v) is 5.85. The number of anilines is 1. The Labute approximate surface area is 196 Å². The molecule has 13 nitrogen and oxygen atoms in total. The summed E-state index contributed by atoms with van der Waals surface area (Å²) in [5, 5.41) is 3.33. The second-order valence-corrected chi connectivity index (χ2v) is 8.01. The highest BCUT2D eigenvalue weighted by Crippen LogP contribution is 2.28. The summed E-state index contributed by atoms with van der Waals surface area (Å²) >= 11 is 1.36. The molecule has 0 spiro atoms. The second kappa shape index (κ2) is 9.82. The van der Waals surface area contributed by atoms with Crippen LogP contribution in [0.2, 0.25) is 0 Å². The van der Waals surface area contributed by atoms with Crippen molar-refractivity contribution in [3.63, 3.8) is 0 Å². The van der Waals surface area contributed by atoms with Crippen LogP contribution in [-0.2, 0) is 4.79 Å². The van der Waals surface area contributed by atoms with Gasteiger partial charge in [0.1, 0.15) is 0 Å². The molecule has 0 aromatic carbocycles. The van der Waals surface area contributed by atoms with Crippen molar-refractivity contribution < 1.29 is 14.0 Å². The predicted molar refractivity (Wildman–Crippen MR) is 125 cm³/mol. The summed E-state index contributed by atoms with van der Waals surface area (Å²) in [5.74, 6) is 9.64. The largest absolute Gasteiger partial charge is 0.403 e. The Hall–Kier alpha value is -4.08. The number of carbonyl (C=O) groups excluding carboxylic acids is 2. The molecule has 0 aliphatic carbocycles. The average Bonchev–Trinajstić information content (AvgIpc) is 3.53. The Morgan fingerprint density at radius 3 is 2.65 bits per heavy atom. The summed E-state index contributed by atoms with van der Waals surface area (Å²) in [6.45, 7) is 1.27. The molecule has 0 saturated carbocycles. The van der Waals surface area contributed by atoms with Crippen molar-refractivity contribution in [2.45, 2.75) is 0 Å². The fourth-order valence-corrected chi connectivity index (χ4v) is 4.07. The van der Waals surface area contributed by atoms with Crippen LogP contribution >= 0.6 is 11.3 Å². The van der Waals surface area contributed by atoms with Gasteiger partial charge in [-0.25, -0.2) is 26.0 Å². The minimum Gasteiger partial charge on any atom is -0.403 e. The van der Waals surface area contributed by atoms with Gasteiger partial charge in [-0.15, -0.1) is 11.3 Å². The molecular formula is C19H22FN11O2S. The minimum atomic E-state index is -0.845. The first-order valence-corrected chi connectivity index (χ1v) is 10.9. The zero-order chi connectivity index (χ0) is 24.2. The van der Waals surface area contributed by atoms with Gasteiger partial charge >= 0.3 is 0 Å². The molecule has 34 heavy (non-hydrogen) atoms. The number of aromatic nitrogens is 3. The van der Waals surface area contributed by atoms with Gasteiger partial charge in [0.2, 0.25) is 11.1 Å². The fraction of sp³-hybridized carbons (Fsp3) is 0.211. The Morgan fingerprint density at radius 2 is 2.00 bits per heavy atom. The van der Waals surface area contributed by atoms with E-state index in [4.69, 9.17) is 17.4 Å². The van der Waals surface area contributed by atoms with E-state index in [2.05, 4.69) is 25.4 Å². The standard InChI is InChI=1S/C19H22FN11O2S/c20-12-10-26-16(31(23)3-1-21)14-13(12)11(9-25-14)15(32)17(33)29-4-6-30(7-5-29)18(28-22)27-19-24-2-8-34-19/h1-3,8-10,25H,4-7,21-23H2,(H,24,27,28)/b3-1-. The van der Waals surface area contributed by atoms with Crippen LogP contribution in [0.5, 0.6) is 0 Å². The number of carbonyl (C=O) groups is 2. The topological polar surface area (TPSA) is 188 Å². The van der Waals surface area contributed by atoms with Gasteiger partial charge in [-0.1, -0.05) is 0 Å². The predicted octanol–water partition coefficient (Wildman–Crippen LogP) is -0.254. The van der Waals surface area contributed by atoms with E-state index in [9.17, 15) is 14.0 Å². The highest BCUT2D eigenvalue weighted by Gasteiger charge is 2.30. The molecule has 4 heterocycles. The van der Waals surface area contributed by atoms with Crippen LogP contribution < -0.4 is 27.9 Å². The van der Waals surface area contributed by atoms with E-state index in [1.807, 2.05) is 4.90 Å². The Bertz CT molecular complexity index is 1250. The maximum atomic E-state index is 14.6. The Balaban J connectivity index is 1.50. The van der Waals surface area contributed by atoms with Gasteiger partial charge in [0.15, 0.2) is 11.6 Å². The number of fused-ring (bicyclic) bond motifs is 1. The van der Waals surface area contributed by atoms with E-state index in [1.54, 1.807) is 11.6 Å². The van der Waals surface area contributed by atoms with Crippen LogP contribution in [0.15, 0.2) is 41.4 Å². The lowest BCUT2D eigenvalue weighted by atomic mass is 10.1. The number of ketones is 1. The molecule has 1 aliphatic heterocycles. The van der Waals surface area contributed by atoms with Crippen molar-refractivity contribution in [2.24, 2.45) is 22.4 Å². The van der Waals surface area contributed by atoms with Crippen molar-refractivity contribution in [3.05, 3.63) is 47.8 Å². The van der Waals surface area contributed by atoms with Crippen molar-refractivity contribution in [1.29, 1.82) is 0 Å². The molecule has 0 unspecified atom stereocenters. The third-order valence-electron chi connectivity index (χ3n) is 5.19. The lowest BCUT2D eigenvalue weighted by Crippen LogP contribution is -2.55. The number of nitrogens with zero attached hydrogens (tertiary/aromatic N) is 6. The van der Waals surface area contributed by atoms with Crippen molar-refractivity contribution in [1.82, 2.24) is 30.2 Å². The number of H-pyrrole nitrogens is 1. The smallest absolute Gasteiger partial charge is 0.295 e. The Kier molecular flexibility index (Phi) is 6.67. The molecule has 1 amide bonds. The summed E-state index contributed by atoms with van der Waals surface area (Å²) in [4.78, 5) is 44.4. The number of piperazine rings is 1. The van der Waals surface area contributed by atoms with Gasteiger partial charge in [-0.05, 0) is 0 Å². The van der Waals surface area contributed by atoms with Crippen LogP contribution in [0.1, 0.15) is 10.4 Å². The number of aromatic amines is 1. The molecule has 3 aromatic heterocycles. The van der Waals surface area contributed by atoms with Gasteiger partial charge in [0.05, 0.1) is 22.7 Å². The van der Waals surface area contributed by atoms with E-state index in [0.29, 0.717) is 24.2 Å². The van der Waals surface area contributed by atoms with Crippen LogP contribution in [0.3, 0.4) is 0 Å². The van der Waals surface area contributed by atoms with Crippen molar-refractivity contribution in [2.75, 3.05) is 31.2 Å². The quantitative estimate of drug-likeness (QED) is 0.0801. The van der Waals surface area contributed by atoms with Gasteiger partial charge in [-0.3, -0.25) is 20.0 Å². The average molecular weight is 488 g/mol. The normalized spacial score (nSPS) is 14.7.